The topological polar surface area (TPSA) is 24.5 Å². The second-order valence-electron chi connectivity index (χ2n) is 5.59. The minimum absolute atomic E-state index is 0.651. The summed E-state index contributed by atoms with van der Waals surface area (Å²) in [5, 5.41) is 3.55. The van der Waals surface area contributed by atoms with Crippen LogP contribution in [0.3, 0.4) is 0 Å². The molecule has 0 amide bonds. The van der Waals surface area contributed by atoms with E-state index in [1.807, 2.05) is 0 Å². The van der Waals surface area contributed by atoms with Crippen molar-refractivity contribution in [1.82, 2.24) is 10.2 Å². The predicted octanol–water partition coefficient (Wildman–Crippen LogP) is 2.65. The van der Waals surface area contributed by atoms with E-state index in [1.54, 1.807) is 7.11 Å². The number of likely N-dealkylation sites (N-methyl/N-ethyl adjacent to an activating group) is 1. The van der Waals surface area contributed by atoms with E-state index in [4.69, 9.17) is 4.74 Å². The zero-order valence-electron chi connectivity index (χ0n) is 12.7. The van der Waals surface area contributed by atoms with Crippen molar-refractivity contribution in [2.24, 2.45) is 0 Å². The lowest BCUT2D eigenvalue weighted by Gasteiger charge is -2.40. The van der Waals surface area contributed by atoms with Crippen LogP contribution in [0.15, 0.2) is 0 Å². The number of nitrogens with zero attached hydrogens (tertiary/aromatic N) is 1. The van der Waals surface area contributed by atoms with Gasteiger partial charge < -0.3 is 10.1 Å². The van der Waals surface area contributed by atoms with Crippen LogP contribution in [0.25, 0.3) is 0 Å². The van der Waals surface area contributed by atoms with Crippen LogP contribution in [-0.4, -0.2) is 50.3 Å². The molecule has 1 saturated carbocycles. The Kier molecular flexibility index (Phi) is 7.87. The molecule has 0 aromatic heterocycles. The van der Waals surface area contributed by atoms with Gasteiger partial charge in [-0.1, -0.05) is 26.2 Å². The Labute approximate surface area is 113 Å². The minimum Gasteiger partial charge on any atom is -0.383 e. The molecule has 18 heavy (non-hydrogen) atoms. The first-order valence-corrected chi connectivity index (χ1v) is 7.66. The number of hydrogen-bond donors (Lipinski definition) is 1. The van der Waals surface area contributed by atoms with Gasteiger partial charge in [-0.3, -0.25) is 4.90 Å². The highest BCUT2D eigenvalue weighted by atomic mass is 16.5. The quantitative estimate of drug-likeness (QED) is 0.709. The molecule has 3 unspecified atom stereocenters. The molecule has 0 bridgehead atoms. The highest BCUT2D eigenvalue weighted by Gasteiger charge is 2.29. The number of nitrogens with one attached hydrogen (secondary N) is 1. The summed E-state index contributed by atoms with van der Waals surface area (Å²) in [7, 11) is 3.92. The van der Waals surface area contributed by atoms with Crippen LogP contribution in [0.1, 0.15) is 52.4 Å². The first-order chi connectivity index (χ1) is 8.74. The van der Waals surface area contributed by atoms with Crippen LogP contribution in [0.5, 0.6) is 0 Å². The van der Waals surface area contributed by atoms with Crippen molar-refractivity contribution in [3.8, 4) is 0 Å². The van der Waals surface area contributed by atoms with E-state index in [-0.39, 0.29) is 0 Å². The molecule has 0 radical (unpaired) electrons. The highest BCUT2D eigenvalue weighted by molar-refractivity contribution is 4.88. The van der Waals surface area contributed by atoms with Gasteiger partial charge in [0.15, 0.2) is 0 Å². The third-order valence-electron chi connectivity index (χ3n) is 4.49. The number of methoxy groups -OCH3 is 1. The zero-order valence-corrected chi connectivity index (χ0v) is 12.7. The van der Waals surface area contributed by atoms with E-state index in [9.17, 15) is 0 Å². The van der Waals surface area contributed by atoms with Gasteiger partial charge in [0, 0.05) is 31.8 Å². The fraction of sp³-hybridized carbons (Fsp3) is 1.00. The average Bonchev–Trinajstić information content (AvgIpc) is 2.64. The first-order valence-electron chi connectivity index (χ1n) is 7.66. The predicted molar refractivity (Wildman–Crippen MR) is 78.1 cm³/mol. The largest absolute Gasteiger partial charge is 0.383 e. The van der Waals surface area contributed by atoms with Crippen LogP contribution < -0.4 is 5.32 Å². The molecule has 3 nitrogen and oxygen atoms in total. The molecule has 0 aromatic rings. The van der Waals surface area contributed by atoms with Crippen LogP contribution in [0.2, 0.25) is 0 Å². The summed E-state index contributed by atoms with van der Waals surface area (Å²) in [6.07, 6.45) is 8.02. The van der Waals surface area contributed by atoms with Gasteiger partial charge in [0.2, 0.25) is 0 Å². The van der Waals surface area contributed by atoms with E-state index in [2.05, 4.69) is 31.1 Å². The van der Waals surface area contributed by atoms with Crippen molar-refractivity contribution in [2.75, 3.05) is 27.3 Å². The van der Waals surface area contributed by atoms with Gasteiger partial charge >= 0.3 is 0 Å². The van der Waals surface area contributed by atoms with Crippen molar-refractivity contribution >= 4 is 0 Å². The summed E-state index contributed by atoms with van der Waals surface area (Å²) in [5.74, 6) is 0. The fourth-order valence-corrected chi connectivity index (χ4v) is 3.17. The molecule has 1 rings (SSSR count). The summed E-state index contributed by atoms with van der Waals surface area (Å²) in [5.41, 5.74) is 0. The molecular weight excluding hydrogens is 224 g/mol. The minimum atomic E-state index is 0.651. The molecule has 0 spiro atoms. The molecule has 0 saturated heterocycles. The lowest BCUT2D eigenvalue weighted by Crippen LogP contribution is -2.52. The molecule has 1 fully saturated rings. The lowest BCUT2D eigenvalue weighted by atomic mass is 9.99. The van der Waals surface area contributed by atoms with Gasteiger partial charge in [-0.05, 0) is 33.2 Å². The molecule has 1 aliphatic carbocycles. The second kappa shape index (κ2) is 8.89. The molecule has 0 heterocycles. The molecular formula is C15H32N2O. The smallest absolute Gasteiger partial charge is 0.0589 e. The van der Waals surface area contributed by atoms with Crippen molar-refractivity contribution in [1.29, 1.82) is 0 Å². The summed E-state index contributed by atoms with van der Waals surface area (Å²) in [4.78, 5) is 2.68. The fourth-order valence-electron chi connectivity index (χ4n) is 3.17. The van der Waals surface area contributed by atoms with Gasteiger partial charge in [-0.25, -0.2) is 0 Å². The average molecular weight is 256 g/mol. The molecule has 0 aliphatic heterocycles. The summed E-state index contributed by atoms with van der Waals surface area (Å²) < 4.78 is 5.30. The van der Waals surface area contributed by atoms with E-state index >= 15 is 0 Å². The molecule has 3 atom stereocenters. The van der Waals surface area contributed by atoms with Gasteiger partial charge in [0.05, 0.1) is 6.61 Å². The maximum absolute atomic E-state index is 5.30. The van der Waals surface area contributed by atoms with Crippen molar-refractivity contribution in [2.45, 2.75) is 70.5 Å². The maximum Gasteiger partial charge on any atom is 0.0589 e. The van der Waals surface area contributed by atoms with E-state index in [0.717, 1.165) is 13.2 Å². The Hall–Kier alpha value is -0.120. The Bertz CT molecular complexity index is 211. The molecule has 108 valence electrons. The Morgan fingerprint density at radius 2 is 2.00 bits per heavy atom. The third kappa shape index (κ3) is 4.52. The molecule has 1 N–H and O–H groups in total. The van der Waals surface area contributed by atoms with Crippen LogP contribution in [-0.2, 0) is 4.74 Å². The Balaban J connectivity index is 2.71. The molecule has 1 aliphatic rings. The van der Waals surface area contributed by atoms with E-state index in [1.165, 1.54) is 38.5 Å². The van der Waals surface area contributed by atoms with Gasteiger partial charge in [-0.15, -0.1) is 0 Å². The van der Waals surface area contributed by atoms with Gasteiger partial charge in [-0.2, -0.15) is 0 Å². The SMILES string of the molecule is CCC(C)N(CCOC)C1CCCCCC1NC. The van der Waals surface area contributed by atoms with Crippen LogP contribution in [0.4, 0.5) is 0 Å². The third-order valence-corrected chi connectivity index (χ3v) is 4.49. The summed E-state index contributed by atoms with van der Waals surface area (Å²) in [6, 6.07) is 1.99. The first kappa shape index (κ1) is 15.9. The number of hydrogen-bond acceptors (Lipinski definition) is 3. The second-order valence-corrected chi connectivity index (χ2v) is 5.59. The van der Waals surface area contributed by atoms with Gasteiger partial charge in [0.1, 0.15) is 0 Å². The lowest BCUT2D eigenvalue weighted by molar-refractivity contribution is 0.0682. The normalized spacial score (nSPS) is 27.2. The number of rotatable bonds is 7. The molecule has 3 heteroatoms. The Morgan fingerprint density at radius 1 is 1.28 bits per heavy atom. The van der Waals surface area contributed by atoms with Crippen LogP contribution in [0, 0.1) is 0 Å². The van der Waals surface area contributed by atoms with Crippen molar-refractivity contribution in [3.63, 3.8) is 0 Å². The standard InChI is InChI=1S/C15H32N2O/c1-5-13(2)17(11-12-18-4)15-10-8-6-7-9-14(15)16-3/h13-16H,5-12H2,1-4H3. The molecule has 0 aromatic carbocycles. The van der Waals surface area contributed by atoms with Gasteiger partial charge in [0.25, 0.3) is 0 Å². The Morgan fingerprint density at radius 3 is 2.61 bits per heavy atom. The number of ether oxygens (including phenoxy) is 1. The summed E-state index contributed by atoms with van der Waals surface area (Å²) in [6.45, 7) is 6.55. The van der Waals surface area contributed by atoms with E-state index in [0.29, 0.717) is 18.1 Å². The summed E-state index contributed by atoms with van der Waals surface area (Å²) >= 11 is 0. The van der Waals surface area contributed by atoms with Crippen LogP contribution >= 0.6 is 0 Å². The van der Waals surface area contributed by atoms with Crippen molar-refractivity contribution in [3.05, 3.63) is 0 Å². The van der Waals surface area contributed by atoms with Crippen molar-refractivity contribution < 1.29 is 4.74 Å². The van der Waals surface area contributed by atoms with E-state index < -0.39 is 0 Å². The maximum atomic E-state index is 5.30. The monoisotopic (exact) mass is 256 g/mol. The highest BCUT2D eigenvalue weighted by Crippen LogP contribution is 2.24. The zero-order chi connectivity index (χ0) is 13.4.